The van der Waals surface area contributed by atoms with Crippen molar-refractivity contribution in [2.24, 2.45) is 11.8 Å². The molecule has 1 saturated carbocycles. The summed E-state index contributed by atoms with van der Waals surface area (Å²) in [6, 6.07) is -1.78. The molecule has 5 heterocycles. The number of ketones is 2. The van der Waals surface area contributed by atoms with E-state index in [4.69, 9.17) is 0 Å². The molecular weight excluding hydrogens is 420 g/mol. The second-order valence-corrected chi connectivity index (χ2v) is 11.4. The van der Waals surface area contributed by atoms with Gasteiger partial charge in [-0.2, -0.15) is 0 Å². The lowest BCUT2D eigenvalue weighted by Crippen LogP contribution is -2.77. The van der Waals surface area contributed by atoms with E-state index in [0.717, 1.165) is 0 Å². The van der Waals surface area contributed by atoms with E-state index in [0.29, 0.717) is 0 Å². The molecule has 154 valence electrons. The average molecular weight is 438 g/mol. The third-order valence-electron chi connectivity index (χ3n) is 7.36. The van der Waals surface area contributed by atoms with Gasteiger partial charge < -0.3 is 25.1 Å². The summed E-state index contributed by atoms with van der Waals surface area (Å²) in [5.41, 5.74) is 0. The highest BCUT2D eigenvalue weighted by molar-refractivity contribution is 8.78. The molecule has 2 unspecified atom stereocenters. The molecule has 11 heteroatoms. The first kappa shape index (κ1) is 18.4. The summed E-state index contributed by atoms with van der Waals surface area (Å²) >= 11 is 0. The number of Topliss-reactive ketones (excluding diaryl/α,β-unsaturated/α-hetero) is 1. The molecule has 0 radical (unpaired) electrons. The SMILES string of the molecule is O=C1C=C[C@H](O)[C@@H]2[C@@H]1CC13SSC4(C[C@H]5C(=O)C[C@H](O)[C@H](O)[C@H]5N4C1=O)C(=O)N23. The zero-order valence-corrected chi connectivity index (χ0v) is 16.6. The highest BCUT2D eigenvalue weighted by Crippen LogP contribution is 2.69. The first-order chi connectivity index (χ1) is 13.7. The van der Waals surface area contributed by atoms with E-state index in [1.807, 2.05) is 0 Å². The van der Waals surface area contributed by atoms with Crippen molar-refractivity contribution in [3.05, 3.63) is 12.2 Å². The summed E-state index contributed by atoms with van der Waals surface area (Å²) < 4.78 is 0. The van der Waals surface area contributed by atoms with E-state index < -0.39 is 63.8 Å². The van der Waals surface area contributed by atoms with Crippen LogP contribution in [0, 0.1) is 11.8 Å². The summed E-state index contributed by atoms with van der Waals surface area (Å²) in [4.78, 5) is 52.5. The Morgan fingerprint density at radius 1 is 0.897 bits per heavy atom. The predicted molar refractivity (Wildman–Crippen MR) is 99.9 cm³/mol. The van der Waals surface area contributed by atoms with Crippen LogP contribution in [0.1, 0.15) is 19.3 Å². The number of fused-ring (bicyclic) bond motifs is 3. The van der Waals surface area contributed by atoms with Crippen molar-refractivity contribution in [3.63, 3.8) is 0 Å². The van der Waals surface area contributed by atoms with Crippen LogP contribution in [0.15, 0.2) is 12.2 Å². The second kappa shape index (κ2) is 5.44. The molecular formula is C18H18N2O7S2. The van der Waals surface area contributed by atoms with Crippen molar-refractivity contribution in [3.8, 4) is 0 Å². The number of hydrogen-bond donors (Lipinski definition) is 3. The minimum atomic E-state index is -1.38. The number of allylic oxidation sites excluding steroid dienone is 1. The van der Waals surface area contributed by atoms with Crippen LogP contribution < -0.4 is 0 Å². The van der Waals surface area contributed by atoms with Gasteiger partial charge in [0.2, 0.25) is 0 Å². The number of carbonyl (C=O) groups excluding carboxylic acids is 4. The fraction of sp³-hybridized carbons (Fsp3) is 0.667. The van der Waals surface area contributed by atoms with E-state index in [2.05, 4.69) is 0 Å². The monoisotopic (exact) mass is 438 g/mol. The van der Waals surface area contributed by atoms with E-state index in [-0.39, 0.29) is 30.8 Å². The second-order valence-electron chi connectivity index (χ2n) is 8.67. The largest absolute Gasteiger partial charge is 0.390 e. The van der Waals surface area contributed by atoms with Crippen molar-refractivity contribution in [2.45, 2.75) is 59.4 Å². The van der Waals surface area contributed by atoms with Gasteiger partial charge in [0, 0.05) is 31.1 Å². The van der Waals surface area contributed by atoms with Crippen LogP contribution in [-0.4, -0.2) is 88.6 Å². The molecule has 7 aliphatic rings. The summed E-state index contributed by atoms with van der Waals surface area (Å²) in [6.45, 7) is 0. The third-order valence-corrected chi connectivity index (χ3v) is 11.0. The summed E-state index contributed by atoms with van der Waals surface area (Å²) in [5, 5.41) is 31.3. The lowest BCUT2D eigenvalue weighted by atomic mass is 9.80. The molecule has 6 fully saturated rings. The van der Waals surface area contributed by atoms with Crippen LogP contribution >= 0.6 is 21.6 Å². The molecule has 2 bridgehead atoms. The van der Waals surface area contributed by atoms with Gasteiger partial charge in [0.25, 0.3) is 11.8 Å². The number of aliphatic hydroxyl groups is 3. The number of nitrogens with zero attached hydrogens (tertiary/aromatic N) is 2. The lowest BCUT2D eigenvalue weighted by Gasteiger charge is -2.59. The van der Waals surface area contributed by atoms with E-state index in [1.54, 1.807) is 0 Å². The Kier molecular flexibility index (Phi) is 3.45. The van der Waals surface area contributed by atoms with Gasteiger partial charge >= 0.3 is 0 Å². The number of aliphatic hydroxyl groups excluding tert-OH is 3. The molecule has 29 heavy (non-hydrogen) atoms. The molecule has 5 aliphatic heterocycles. The molecule has 0 aromatic carbocycles. The van der Waals surface area contributed by atoms with Crippen molar-refractivity contribution < 1.29 is 34.5 Å². The molecule has 7 rings (SSSR count). The normalized spacial score (nSPS) is 52.6. The number of amides is 2. The number of rotatable bonds is 0. The fourth-order valence-electron chi connectivity index (χ4n) is 6.08. The molecule has 0 aromatic heterocycles. The van der Waals surface area contributed by atoms with Crippen LogP contribution in [0.4, 0.5) is 0 Å². The molecule has 5 saturated heterocycles. The van der Waals surface area contributed by atoms with E-state index in [9.17, 15) is 34.5 Å². The number of hydrogen-bond acceptors (Lipinski definition) is 9. The summed E-state index contributed by atoms with van der Waals surface area (Å²) in [7, 11) is 2.41. The van der Waals surface area contributed by atoms with Crippen molar-refractivity contribution in [2.75, 3.05) is 0 Å². The minimum absolute atomic E-state index is 0.0619. The van der Waals surface area contributed by atoms with Crippen molar-refractivity contribution in [1.29, 1.82) is 0 Å². The van der Waals surface area contributed by atoms with Crippen LogP contribution in [0.2, 0.25) is 0 Å². The Balaban J connectivity index is 1.51. The van der Waals surface area contributed by atoms with E-state index >= 15 is 0 Å². The van der Waals surface area contributed by atoms with Crippen LogP contribution in [0.25, 0.3) is 0 Å². The molecule has 9 atom stereocenters. The molecule has 0 aromatic rings. The van der Waals surface area contributed by atoms with Gasteiger partial charge in [0.1, 0.15) is 11.9 Å². The van der Waals surface area contributed by atoms with Crippen LogP contribution in [0.3, 0.4) is 0 Å². The topological polar surface area (TPSA) is 135 Å². The maximum absolute atomic E-state index is 13.8. The molecule has 9 nitrogen and oxygen atoms in total. The standard InChI is InChI=1S/C18H18N2O7S2/c21-8-1-2-9(22)12-6(8)4-17-16(27)20-13-7(10(23)3-11(24)14(13)25)5-18(20,29-28-17)15(26)19(12)17/h1-2,6-7,9,11-14,22,24-25H,3-5H2/t6-,7+,9+,11+,12+,13+,14+,17?,18?/m1/s1. The smallest absolute Gasteiger partial charge is 0.261 e. The zero-order chi connectivity index (χ0) is 20.5. The fourth-order valence-corrected chi connectivity index (χ4v) is 9.91. The van der Waals surface area contributed by atoms with Crippen molar-refractivity contribution in [1.82, 2.24) is 9.80 Å². The Morgan fingerprint density at radius 2 is 1.48 bits per heavy atom. The Bertz CT molecular complexity index is 926. The Morgan fingerprint density at radius 3 is 2.14 bits per heavy atom. The Hall–Kier alpha value is -1.40. The average Bonchev–Trinajstić information content (AvgIpc) is 3.23. The summed E-state index contributed by atoms with van der Waals surface area (Å²) in [6.07, 6.45) is -1.06. The third kappa shape index (κ3) is 1.88. The molecule has 2 amide bonds. The Labute approximate surface area is 172 Å². The number of piperazine rings is 1. The molecule has 2 aliphatic carbocycles. The first-order valence-electron chi connectivity index (χ1n) is 9.56. The van der Waals surface area contributed by atoms with Gasteiger partial charge in [-0.25, -0.2) is 0 Å². The maximum atomic E-state index is 13.8. The molecule has 3 N–H and O–H groups in total. The van der Waals surface area contributed by atoms with E-state index in [1.165, 1.54) is 43.5 Å². The minimum Gasteiger partial charge on any atom is -0.390 e. The maximum Gasteiger partial charge on any atom is 0.261 e. The quantitative estimate of drug-likeness (QED) is 0.383. The van der Waals surface area contributed by atoms with Gasteiger partial charge in [0.15, 0.2) is 15.5 Å². The summed E-state index contributed by atoms with van der Waals surface area (Å²) in [5.74, 6) is -2.72. The highest BCUT2D eigenvalue weighted by Gasteiger charge is 2.79. The van der Waals surface area contributed by atoms with Gasteiger partial charge in [-0.15, -0.1) is 0 Å². The highest BCUT2D eigenvalue weighted by atomic mass is 33.1. The van der Waals surface area contributed by atoms with Crippen LogP contribution in [0.5, 0.6) is 0 Å². The lowest BCUT2D eigenvalue weighted by molar-refractivity contribution is -0.172. The van der Waals surface area contributed by atoms with Gasteiger partial charge in [0.05, 0.1) is 24.3 Å². The predicted octanol–water partition coefficient (Wildman–Crippen LogP) is -1.58. The first-order valence-corrected chi connectivity index (χ1v) is 11.7. The van der Waals surface area contributed by atoms with Gasteiger partial charge in [-0.3, -0.25) is 19.2 Å². The van der Waals surface area contributed by atoms with Crippen LogP contribution in [-0.2, 0) is 19.2 Å². The van der Waals surface area contributed by atoms with Gasteiger partial charge in [-0.05, 0) is 6.08 Å². The van der Waals surface area contributed by atoms with Gasteiger partial charge in [-0.1, -0.05) is 27.7 Å². The zero-order valence-electron chi connectivity index (χ0n) is 15.0. The molecule has 2 spiro atoms. The van der Waals surface area contributed by atoms with Crippen molar-refractivity contribution >= 4 is 45.0 Å². The number of carbonyl (C=O) groups is 4.